The molecule has 1 saturated heterocycles. The summed E-state index contributed by atoms with van der Waals surface area (Å²) in [5.74, 6) is -0.179. The fourth-order valence-corrected chi connectivity index (χ4v) is 3.70. The molecule has 3 N–H and O–H groups in total. The Kier molecular flexibility index (Phi) is 12.1. The molecule has 0 spiro atoms. The van der Waals surface area contributed by atoms with Gasteiger partial charge in [0.15, 0.2) is 0 Å². The van der Waals surface area contributed by atoms with E-state index in [-0.39, 0.29) is 24.7 Å². The number of nitrogens with one attached hydrogen (secondary N) is 1. The van der Waals surface area contributed by atoms with E-state index in [0.717, 1.165) is 32.1 Å². The smallest absolute Gasteiger partial charge is 0.302 e. The van der Waals surface area contributed by atoms with Gasteiger partial charge < -0.3 is 20.3 Å². The summed E-state index contributed by atoms with van der Waals surface area (Å²) >= 11 is 0. The third-order valence-electron chi connectivity index (χ3n) is 5.22. The summed E-state index contributed by atoms with van der Waals surface area (Å²) in [5, 5.41) is 21.6. The summed E-state index contributed by atoms with van der Waals surface area (Å²) in [6.45, 7) is 3.48. The maximum Gasteiger partial charge on any atom is 0.302 e. The van der Waals surface area contributed by atoms with E-state index in [4.69, 9.17) is 9.84 Å². The zero-order valence-corrected chi connectivity index (χ0v) is 16.2. The normalized spacial score (nSPS) is 24.9. The van der Waals surface area contributed by atoms with E-state index in [0.29, 0.717) is 6.04 Å². The average Bonchev–Trinajstić information content (AvgIpc) is 2.58. The Bertz CT molecular complexity index is 351. The van der Waals surface area contributed by atoms with Crippen molar-refractivity contribution in [3.63, 3.8) is 0 Å². The molecule has 1 heterocycles. The molecule has 5 nitrogen and oxygen atoms in total. The molecule has 25 heavy (non-hydrogen) atoms. The quantitative estimate of drug-likeness (QED) is 0.348. The topological polar surface area (TPSA) is 78.8 Å². The van der Waals surface area contributed by atoms with Gasteiger partial charge in [-0.25, -0.2) is 0 Å². The number of aliphatic hydroxyl groups excluding tert-OH is 2. The Morgan fingerprint density at radius 2 is 1.68 bits per heavy atom. The molecule has 0 unspecified atom stereocenters. The van der Waals surface area contributed by atoms with Crippen LogP contribution in [-0.4, -0.2) is 47.1 Å². The van der Waals surface area contributed by atoms with Crippen LogP contribution in [0.3, 0.4) is 0 Å². The lowest BCUT2D eigenvalue weighted by atomic mass is 9.93. The van der Waals surface area contributed by atoms with Crippen LogP contribution >= 0.6 is 0 Å². The SMILES string of the molecule is CC(=O)O[C@H]1CC[C@@H](CCCCCCCCCC[C@@H](O)CO)N[C@H]1C. The highest BCUT2D eigenvalue weighted by Crippen LogP contribution is 2.21. The first kappa shape index (κ1) is 22.4. The van der Waals surface area contributed by atoms with Gasteiger partial charge in [0.25, 0.3) is 0 Å². The summed E-state index contributed by atoms with van der Waals surface area (Å²) in [6.07, 6.45) is 13.4. The second-order valence-corrected chi connectivity index (χ2v) is 7.62. The van der Waals surface area contributed by atoms with Crippen molar-refractivity contribution in [2.24, 2.45) is 0 Å². The minimum absolute atomic E-state index is 0.0345. The van der Waals surface area contributed by atoms with Gasteiger partial charge in [0.05, 0.1) is 12.7 Å². The number of aliphatic hydroxyl groups is 2. The third-order valence-corrected chi connectivity index (χ3v) is 5.22. The first-order valence-electron chi connectivity index (χ1n) is 10.2. The average molecular weight is 358 g/mol. The van der Waals surface area contributed by atoms with Crippen molar-refractivity contribution in [2.45, 2.75) is 115 Å². The van der Waals surface area contributed by atoms with E-state index in [1.54, 1.807) is 0 Å². The molecule has 0 aliphatic carbocycles. The van der Waals surface area contributed by atoms with E-state index >= 15 is 0 Å². The lowest BCUT2D eigenvalue weighted by Crippen LogP contribution is -2.50. The Labute approximate surface area is 153 Å². The molecule has 1 fully saturated rings. The minimum atomic E-state index is -0.527. The molecule has 0 bridgehead atoms. The number of carbonyl (C=O) groups excluding carboxylic acids is 1. The van der Waals surface area contributed by atoms with Crippen molar-refractivity contribution in [3.8, 4) is 0 Å². The predicted octanol–water partition coefficient (Wildman–Crippen LogP) is 3.31. The minimum Gasteiger partial charge on any atom is -0.461 e. The van der Waals surface area contributed by atoms with Crippen LogP contribution in [-0.2, 0) is 9.53 Å². The van der Waals surface area contributed by atoms with Gasteiger partial charge in [-0.05, 0) is 32.6 Å². The highest BCUT2D eigenvalue weighted by atomic mass is 16.5. The number of piperidine rings is 1. The Morgan fingerprint density at radius 1 is 1.08 bits per heavy atom. The van der Waals surface area contributed by atoms with Crippen LogP contribution in [0.5, 0.6) is 0 Å². The number of ether oxygens (including phenoxy) is 1. The second-order valence-electron chi connectivity index (χ2n) is 7.62. The van der Waals surface area contributed by atoms with Crippen LogP contribution in [0, 0.1) is 0 Å². The van der Waals surface area contributed by atoms with E-state index in [1.807, 2.05) is 0 Å². The molecule has 0 aromatic heterocycles. The van der Waals surface area contributed by atoms with Crippen LogP contribution in [0.15, 0.2) is 0 Å². The largest absolute Gasteiger partial charge is 0.461 e. The number of hydrogen-bond acceptors (Lipinski definition) is 5. The molecular formula is C20H39NO4. The summed E-state index contributed by atoms with van der Waals surface area (Å²) in [7, 11) is 0. The molecule has 1 aliphatic rings. The Morgan fingerprint density at radius 3 is 2.24 bits per heavy atom. The van der Waals surface area contributed by atoms with E-state index in [9.17, 15) is 9.90 Å². The van der Waals surface area contributed by atoms with Gasteiger partial charge in [-0.1, -0.05) is 51.4 Å². The molecule has 0 aromatic carbocycles. The van der Waals surface area contributed by atoms with Crippen LogP contribution in [0.4, 0.5) is 0 Å². The summed E-state index contributed by atoms with van der Waals surface area (Å²) in [5.41, 5.74) is 0. The first-order valence-corrected chi connectivity index (χ1v) is 10.2. The molecule has 0 saturated carbocycles. The molecule has 148 valence electrons. The van der Waals surface area contributed by atoms with Crippen LogP contribution in [0.25, 0.3) is 0 Å². The van der Waals surface area contributed by atoms with Gasteiger partial charge in [-0.3, -0.25) is 4.79 Å². The van der Waals surface area contributed by atoms with Crippen molar-refractivity contribution in [2.75, 3.05) is 6.61 Å². The van der Waals surface area contributed by atoms with Crippen molar-refractivity contribution in [3.05, 3.63) is 0 Å². The third kappa shape index (κ3) is 10.8. The summed E-state index contributed by atoms with van der Waals surface area (Å²) < 4.78 is 5.34. The standard InChI is InChI=1S/C20H39NO4/c1-16-20(25-17(2)23)14-13-18(21-16)11-9-7-5-3-4-6-8-10-12-19(24)15-22/h16,18-22,24H,3-15H2,1-2H3/t16-,18+,19+,20-/m0/s1. The molecule has 0 aromatic rings. The molecule has 0 radical (unpaired) electrons. The van der Waals surface area contributed by atoms with Gasteiger partial charge in [0, 0.05) is 19.0 Å². The van der Waals surface area contributed by atoms with Gasteiger partial charge in [-0.15, -0.1) is 0 Å². The van der Waals surface area contributed by atoms with Gasteiger partial charge in [0.2, 0.25) is 0 Å². The maximum atomic E-state index is 11.1. The second kappa shape index (κ2) is 13.5. The van der Waals surface area contributed by atoms with Gasteiger partial charge in [-0.2, -0.15) is 0 Å². The van der Waals surface area contributed by atoms with Crippen molar-refractivity contribution < 1.29 is 19.7 Å². The lowest BCUT2D eigenvalue weighted by Gasteiger charge is -2.35. The molecule has 5 heteroatoms. The fourth-order valence-electron chi connectivity index (χ4n) is 3.70. The zero-order valence-electron chi connectivity index (χ0n) is 16.2. The molecule has 1 rings (SSSR count). The summed E-state index contributed by atoms with van der Waals surface area (Å²) in [6, 6.07) is 0.826. The number of unbranched alkanes of at least 4 members (excludes halogenated alkanes) is 7. The van der Waals surface area contributed by atoms with E-state index in [2.05, 4.69) is 12.2 Å². The number of hydrogen-bond donors (Lipinski definition) is 3. The van der Waals surface area contributed by atoms with Crippen molar-refractivity contribution in [1.29, 1.82) is 0 Å². The van der Waals surface area contributed by atoms with E-state index < -0.39 is 6.10 Å². The predicted molar refractivity (Wildman–Crippen MR) is 100 cm³/mol. The number of rotatable bonds is 13. The first-order chi connectivity index (χ1) is 12.0. The van der Waals surface area contributed by atoms with E-state index in [1.165, 1.54) is 51.9 Å². The highest BCUT2D eigenvalue weighted by molar-refractivity contribution is 5.66. The van der Waals surface area contributed by atoms with Crippen molar-refractivity contribution >= 4 is 5.97 Å². The fraction of sp³-hybridized carbons (Fsp3) is 0.950. The molecule has 0 amide bonds. The van der Waals surface area contributed by atoms with Crippen molar-refractivity contribution in [1.82, 2.24) is 5.32 Å². The van der Waals surface area contributed by atoms with Crippen LogP contribution < -0.4 is 5.32 Å². The van der Waals surface area contributed by atoms with Crippen LogP contribution in [0.1, 0.15) is 90.9 Å². The Hall–Kier alpha value is -0.650. The monoisotopic (exact) mass is 357 g/mol. The molecular weight excluding hydrogens is 318 g/mol. The summed E-state index contributed by atoms with van der Waals surface area (Å²) in [4.78, 5) is 11.1. The maximum absolute atomic E-state index is 11.1. The zero-order chi connectivity index (χ0) is 18.5. The number of esters is 1. The highest BCUT2D eigenvalue weighted by Gasteiger charge is 2.28. The molecule has 4 atom stereocenters. The number of carbonyl (C=O) groups is 1. The molecule has 1 aliphatic heterocycles. The van der Waals surface area contributed by atoms with Crippen LogP contribution in [0.2, 0.25) is 0 Å². The van der Waals surface area contributed by atoms with Gasteiger partial charge in [0.1, 0.15) is 6.10 Å². The lowest BCUT2D eigenvalue weighted by molar-refractivity contribution is -0.149. The Balaban J connectivity index is 1.91. The van der Waals surface area contributed by atoms with Gasteiger partial charge >= 0.3 is 5.97 Å².